The normalized spacial score (nSPS) is 16.4. The minimum absolute atomic E-state index is 0.0223. The van der Waals surface area contributed by atoms with Gasteiger partial charge in [0.05, 0.1) is 4.91 Å². The fourth-order valence-corrected chi connectivity index (χ4v) is 3.72. The molecular formula is C18H14ClNOS2. The van der Waals surface area contributed by atoms with E-state index in [1.165, 1.54) is 17.3 Å². The van der Waals surface area contributed by atoms with Gasteiger partial charge < -0.3 is 0 Å². The standard InChI is InChI=1S/C18H14ClNOS2/c19-15-8-6-14(7-9-15)12-16-17(21)20(18(22)23-16)11-10-13-4-2-1-3-5-13/h1-9,12H,10-11H2/b16-12+. The minimum atomic E-state index is -0.0223. The molecule has 1 aliphatic heterocycles. The summed E-state index contributed by atoms with van der Waals surface area (Å²) in [6.07, 6.45) is 2.65. The van der Waals surface area contributed by atoms with Crippen LogP contribution in [0.15, 0.2) is 59.5 Å². The lowest BCUT2D eigenvalue weighted by atomic mass is 10.1. The molecule has 0 atom stereocenters. The number of amides is 1. The maximum Gasteiger partial charge on any atom is 0.266 e. The van der Waals surface area contributed by atoms with E-state index in [0.717, 1.165) is 12.0 Å². The number of hydrogen-bond acceptors (Lipinski definition) is 3. The van der Waals surface area contributed by atoms with E-state index in [0.29, 0.717) is 20.8 Å². The zero-order chi connectivity index (χ0) is 16.2. The number of carbonyl (C=O) groups excluding carboxylic acids is 1. The molecular weight excluding hydrogens is 346 g/mol. The fraction of sp³-hybridized carbons (Fsp3) is 0.111. The van der Waals surface area contributed by atoms with E-state index < -0.39 is 0 Å². The summed E-state index contributed by atoms with van der Waals surface area (Å²) >= 11 is 12.6. The predicted octanol–water partition coefficient (Wildman–Crippen LogP) is 4.78. The summed E-state index contributed by atoms with van der Waals surface area (Å²) in [5.74, 6) is -0.0223. The van der Waals surface area contributed by atoms with Gasteiger partial charge in [0.1, 0.15) is 4.32 Å². The molecule has 1 heterocycles. The maximum atomic E-state index is 12.5. The molecule has 0 bridgehead atoms. The van der Waals surface area contributed by atoms with Crippen molar-refractivity contribution in [2.75, 3.05) is 6.54 Å². The first kappa shape index (κ1) is 16.2. The van der Waals surface area contributed by atoms with Crippen molar-refractivity contribution in [1.82, 2.24) is 4.90 Å². The summed E-state index contributed by atoms with van der Waals surface area (Å²) in [7, 11) is 0. The van der Waals surface area contributed by atoms with Gasteiger partial charge >= 0.3 is 0 Å². The molecule has 1 amide bonds. The van der Waals surface area contributed by atoms with Crippen LogP contribution in [0.2, 0.25) is 5.02 Å². The minimum Gasteiger partial charge on any atom is -0.293 e. The molecule has 1 fully saturated rings. The summed E-state index contributed by atoms with van der Waals surface area (Å²) in [6.45, 7) is 0.604. The number of thioether (sulfide) groups is 1. The lowest BCUT2D eigenvalue weighted by molar-refractivity contribution is -0.122. The largest absolute Gasteiger partial charge is 0.293 e. The molecule has 1 saturated heterocycles. The highest BCUT2D eigenvalue weighted by Gasteiger charge is 2.31. The topological polar surface area (TPSA) is 20.3 Å². The molecule has 3 rings (SSSR count). The van der Waals surface area contributed by atoms with Crippen molar-refractivity contribution < 1.29 is 4.79 Å². The number of thiocarbonyl (C=S) groups is 1. The Kier molecular flexibility index (Phi) is 5.16. The second-order valence-electron chi connectivity index (χ2n) is 5.12. The SMILES string of the molecule is O=C1/C(=C\c2ccc(Cl)cc2)SC(=S)N1CCc1ccccc1. The van der Waals surface area contributed by atoms with E-state index in [2.05, 4.69) is 12.1 Å². The van der Waals surface area contributed by atoms with Gasteiger partial charge in [-0.1, -0.05) is 78.0 Å². The Morgan fingerprint density at radius 1 is 1.09 bits per heavy atom. The molecule has 2 nitrogen and oxygen atoms in total. The molecule has 0 spiro atoms. The van der Waals surface area contributed by atoms with Crippen molar-refractivity contribution in [3.63, 3.8) is 0 Å². The molecule has 0 N–H and O–H groups in total. The van der Waals surface area contributed by atoms with Gasteiger partial charge in [0.15, 0.2) is 0 Å². The molecule has 0 unspecified atom stereocenters. The number of rotatable bonds is 4. The second-order valence-corrected chi connectivity index (χ2v) is 7.23. The van der Waals surface area contributed by atoms with Gasteiger partial charge in [0.2, 0.25) is 0 Å². The molecule has 1 aliphatic rings. The first-order valence-electron chi connectivity index (χ1n) is 7.18. The number of carbonyl (C=O) groups is 1. The highest BCUT2D eigenvalue weighted by Crippen LogP contribution is 2.32. The average molecular weight is 360 g/mol. The van der Waals surface area contributed by atoms with Gasteiger partial charge in [-0.25, -0.2) is 0 Å². The maximum absolute atomic E-state index is 12.5. The van der Waals surface area contributed by atoms with E-state index in [9.17, 15) is 4.79 Å². The lowest BCUT2D eigenvalue weighted by Crippen LogP contribution is -2.30. The van der Waals surface area contributed by atoms with E-state index in [1.807, 2.05) is 48.5 Å². The monoisotopic (exact) mass is 359 g/mol. The highest BCUT2D eigenvalue weighted by atomic mass is 35.5. The summed E-state index contributed by atoms with van der Waals surface area (Å²) in [5.41, 5.74) is 2.14. The third-order valence-electron chi connectivity index (χ3n) is 3.51. The van der Waals surface area contributed by atoms with Crippen LogP contribution in [-0.4, -0.2) is 21.7 Å². The Morgan fingerprint density at radius 3 is 2.48 bits per heavy atom. The molecule has 23 heavy (non-hydrogen) atoms. The van der Waals surface area contributed by atoms with Gasteiger partial charge in [-0.15, -0.1) is 0 Å². The number of nitrogens with zero attached hydrogens (tertiary/aromatic N) is 1. The van der Waals surface area contributed by atoms with Crippen LogP contribution in [0.3, 0.4) is 0 Å². The molecule has 0 aliphatic carbocycles. The molecule has 2 aromatic rings. The molecule has 5 heteroatoms. The van der Waals surface area contributed by atoms with Crippen LogP contribution in [0.25, 0.3) is 6.08 Å². The average Bonchev–Trinajstić information content (AvgIpc) is 2.82. The summed E-state index contributed by atoms with van der Waals surface area (Å²) in [4.78, 5) is 14.9. The molecule has 0 aromatic heterocycles. The predicted molar refractivity (Wildman–Crippen MR) is 101 cm³/mol. The van der Waals surface area contributed by atoms with Crippen molar-refractivity contribution in [1.29, 1.82) is 0 Å². The van der Waals surface area contributed by atoms with Gasteiger partial charge in [-0.2, -0.15) is 0 Å². The van der Waals surface area contributed by atoms with Gasteiger partial charge in [0, 0.05) is 11.6 Å². The quantitative estimate of drug-likeness (QED) is 0.578. The van der Waals surface area contributed by atoms with Crippen LogP contribution < -0.4 is 0 Å². The first-order chi connectivity index (χ1) is 11.1. The smallest absolute Gasteiger partial charge is 0.266 e. The fourth-order valence-electron chi connectivity index (χ4n) is 2.29. The van der Waals surface area contributed by atoms with Gasteiger partial charge in [-0.05, 0) is 35.8 Å². The van der Waals surface area contributed by atoms with Crippen molar-refractivity contribution in [2.24, 2.45) is 0 Å². The third-order valence-corrected chi connectivity index (χ3v) is 5.14. The van der Waals surface area contributed by atoms with Crippen LogP contribution in [0.5, 0.6) is 0 Å². The Labute approximate surface area is 150 Å². The lowest BCUT2D eigenvalue weighted by Gasteiger charge is -2.14. The van der Waals surface area contributed by atoms with Crippen molar-refractivity contribution in [3.05, 3.63) is 75.7 Å². The summed E-state index contributed by atoms with van der Waals surface area (Å²) < 4.78 is 0.617. The van der Waals surface area contributed by atoms with Crippen LogP contribution in [-0.2, 0) is 11.2 Å². The summed E-state index contributed by atoms with van der Waals surface area (Å²) in [5, 5.41) is 0.678. The Bertz CT molecular complexity index is 756. The Hall–Kier alpha value is -1.62. The molecule has 2 aromatic carbocycles. The Balaban J connectivity index is 1.71. The first-order valence-corrected chi connectivity index (χ1v) is 8.78. The van der Waals surface area contributed by atoms with Crippen LogP contribution in [0, 0.1) is 0 Å². The number of halogens is 1. The second kappa shape index (κ2) is 7.30. The van der Waals surface area contributed by atoms with Crippen molar-refractivity contribution in [3.8, 4) is 0 Å². The number of hydrogen-bond donors (Lipinski definition) is 0. The van der Waals surface area contributed by atoms with Crippen LogP contribution in [0.1, 0.15) is 11.1 Å². The molecule has 0 saturated carbocycles. The van der Waals surface area contributed by atoms with E-state index >= 15 is 0 Å². The van der Waals surface area contributed by atoms with Crippen LogP contribution >= 0.6 is 35.6 Å². The van der Waals surface area contributed by atoms with E-state index in [-0.39, 0.29) is 5.91 Å². The van der Waals surface area contributed by atoms with Crippen molar-refractivity contribution >= 4 is 51.9 Å². The zero-order valence-electron chi connectivity index (χ0n) is 12.2. The van der Waals surface area contributed by atoms with Crippen molar-refractivity contribution in [2.45, 2.75) is 6.42 Å². The summed E-state index contributed by atoms with van der Waals surface area (Å²) in [6, 6.07) is 17.5. The van der Waals surface area contributed by atoms with E-state index in [4.69, 9.17) is 23.8 Å². The molecule has 116 valence electrons. The van der Waals surface area contributed by atoms with Gasteiger partial charge in [0.25, 0.3) is 5.91 Å². The Morgan fingerprint density at radius 2 is 1.78 bits per heavy atom. The highest BCUT2D eigenvalue weighted by molar-refractivity contribution is 8.26. The zero-order valence-corrected chi connectivity index (χ0v) is 14.6. The third kappa shape index (κ3) is 4.02. The van der Waals surface area contributed by atoms with E-state index in [1.54, 1.807) is 4.90 Å². The number of benzene rings is 2. The molecule has 0 radical (unpaired) electrons. The van der Waals surface area contributed by atoms with Gasteiger partial charge in [-0.3, -0.25) is 9.69 Å². The van der Waals surface area contributed by atoms with Crippen LogP contribution in [0.4, 0.5) is 0 Å².